The van der Waals surface area contributed by atoms with Crippen LogP contribution in [0.4, 0.5) is 0 Å². The number of hydrogen-bond donors (Lipinski definition) is 0. The zero-order chi connectivity index (χ0) is 16.4. The highest BCUT2D eigenvalue weighted by atomic mass is 32.1. The standard InChI is InChI=1S/C16H16N2O5S/c19-16(18-3-5-20-6-4-18)12-9-24-15(17-12)8-21-11-1-2-13-14(7-11)23-10-22-13/h1-2,7,9H,3-6,8,10H2. The van der Waals surface area contributed by atoms with Crippen molar-refractivity contribution in [3.05, 3.63) is 34.3 Å². The number of thiazole rings is 1. The molecular formula is C16H16N2O5S. The highest BCUT2D eigenvalue weighted by molar-refractivity contribution is 7.09. The Kier molecular flexibility index (Phi) is 4.22. The molecule has 7 nitrogen and oxygen atoms in total. The Morgan fingerprint density at radius 2 is 2.08 bits per heavy atom. The summed E-state index contributed by atoms with van der Waals surface area (Å²) in [6.07, 6.45) is 0. The van der Waals surface area contributed by atoms with Gasteiger partial charge in [-0.05, 0) is 12.1 Å². The Morgan fingerprint density at radius 3 is 2.96 bits per heavy atom. The van der Waals surface area contributed by atoms with Gasteiger partial charge >= 0.3 is 0 Å². The van der Waals surface area contributed by atoms with Crippen LogP contribution in [0.15, 0.2) is 23.6 Å². The van der Waals surface area contributed by atoms with Gasteiger partial charge in [0.25, 0.3) is 5.91 Å². The van der Waals surface area contributed by atoms with Crippen LogP contribution in [0.1, 0.15) is 15.5 Å². The van der Waals surface area contributed by atoms with Gasteiger partial charge in [-0.1, -0.05) is 0 Å². The Balaban J connectivity index is 1.37. The minimum Gasteiger partial charge on any atom is -0.486 e. The number of nitrogens with zero attached hydrogens (tertiary/aromatic N) is 2. The third-order valence-corrected chi connectivity index (χ3v) is 4.60. The van der Waals surface area contributed by atoms with E-state index in [2.05, 4.69) is 4.98 Å². The predicted octanol–water partition coefficient (Wildman–Crippen LogP) is 1.92. The molecule has 1 saturated heterocycles. The lowest BCUT2D eigenvalue weighted by molar-refractivity contribution is 0.0299. The lowest BCUT2D eigenvalue weighted by Crippen LogP contribution is -2.40. The number of carbonyl (C=O) groups is 1. The molecule has 126 valence electrons. The van der Waals surface area contributed by atoms with Crippen molar-refractivity contribution in [2.75, 3.05) is 33.1 Å². The van der Waals surface area contributed by atoms with E-state index in [9.17, 15) is 4.79 Å². The summed E-state index contributed by atoms with van der Waals surface area (Å²) < 4.78 is 21.6. The molecule has 4 rings (SSSR count). The van der Waals surface area contributed by atoms with E-state index in [1.807, 2.05) is 12.1 Å². The number of hydrogen-bond acceptors (Lipinski definition) is 7. The predicted molar refractivity (Wildman–Crippen MR) is 85.7 cm³/mol. The topological polar surface area (TPSA) is 70.1 Å². The Morgan fingerprint density at radius 1 is 1.25 bits per heavy atom. The van der Waals surface area contributed by atoms with Crippen LogP contribution in [0.5, 0.6) is 17.2 Å². The van der Waals surface area contributed by atoms with Crippen molar-refractivity contribution in [2.45, 2.75) is 6.61 Å². The van der Waals surface area contributed by atoms with Gasteiger partial charge in [0.15, 0.2) is 11.5 Å². The molecule has 2 aliphatic rings. The minimum atomic E-state index is -0.0520. The Hall–Kier alpha value is -2.32. The number of carbonyl (C=O) groups excluding carboxylic acids is 1. The molecule has 1 fully saturated rings. The lowest BCUT2D eigenvalue weighted by Gasteiger charge is -2.25. The van der Waals surface area contributed by atoms with Gasteiger partial charge in [-0.3, -0.25) is 4.79 Å². The summed E-state index contributed by atoms with van der Waals surface area (Å²) in [5.41, 5.74) is 0.464. The summed E-state index contributed by atoms with van der Waals surface area (Å²) in [5.74, 6) is 2.02. The minimum absolute atomic E-state index is 0.0520. The second kappa shape index (κ2) is 6.66. The molecular weight excluding hydrogens is 332 g/mol. The smallest absolute Gasteiger partial charge is 0.273 e. The van der Waals surface area contributed by atoms with Crippen molar-refractivity contribution in [2.24, 2.45) is 0 Å². The van der Waals surface area contributed by atoms with Crippen LogP contribution in [-0.4, -0.2) is 48.9 Å². The van der Waals surface area contributed by atoms with Crippen LogP contribution < -0.4 is 14.2 Å². The molecule has 2 aliphatic heterocycles. The first kappa shape index (κ1) is 15.2. The molecule has 0 unspecified atom stereocenters. The van der Waals surface area contributed by atoms with Crippen molar-refractivity contribution in [3.8, 4) is 17.2 Å². The highest BCUT2D eigenvalue weighted by Crippen LogP contribution is 2.35. The van der Waals surface area contributed by atoms with Crippen molar-refractivity contribution in [1.82, 2.24) is 9.88 Å². The third kappa shape index (κ3) is 3.15. The molecule has 8 heteroatoms. The molecule has 1 aromatic heterocycles. The van der Waals surface area contributed by atoms with E-state index in [1.165, 1.54) is 11.3 Å². The van der Waals surface area contributed by atoms with Crippen LogP contribution in [0.3, 0.4) is 0 Å². The average Bonchev–Trinajstić information content (AvgIpc) is 3.29. The molecule has 0 spiro atoms. The molecule has 0 bridgehead atoms. The van der Waals surface area contributed by atoms with Crippen LogP contribution in [-0.2, 0) is 11.3 Å². The van der Waals surface area contributed by atoms with Crippen molar-refractivity contribution in [3.63, 3.8) is 0 Å². The van der Waals surface area contributed by atoms with Gasteiger partial charge in [0, 0.05) is 24.5 Å². The van der Waals surface area contributed by atoms with E-state index in [0.717, 1.165) is 10.8 Å². The Bertz CT molecular complexity index is 742. The highest BCUT2D eigenvalue weighted by Gasteiger charge is 2.21. The van der Waals surface area contributed by atoms with E-state index in [0.29, 0.717) is 50.1 Å². The molecule has 0 saturated carbocycles. The first-order valence-electron chi connectivity index (χ1n) is 7.63. The fraction of sp³-hybridized carbons (Fsp3) is 0.375. The van der Waals surface area contributed by atoms with Crippen molar-refractivity contribution in [1.29, 1.82) is 0 Å². The second-order valence-corrected chi connectivity index (χ2v) is 6.28. The molecule has 0 radical (unpaired) electrons. The summed E-state index contributed by atoms with van der Waals surface area (Å²) in [6, 6.07) is 5.42. The summed E-state index contributed by atoms with van der Waals surface area (Å²) in [6.45, 7) is 2.92. The molecule has 0 aliphatic carbocycles. The average molecular weight is 348 g/mol. The number of morpholine rings is 1. The van der Waals surface area contributed by atoms with Gasteiger partial charge in [-0.2, -0.15) is 0 Å². The quantitative estimate of drug-likeness (QED) is 0.841. The van der Waals surface area contributed by atoms with Crippen LogP contribution in [0.2, 0.25) is 0 Å². The van der Waals surface area contributed by atoms with Gasteiger partial charge in [0.2, 0.25) is 6.79 Å². The summed E-state index contributed by atoms with van der Waals surface area (Å²) in [5, 5.41) is 2.53. The first-order valence-corrected chi connectivity index (χ1v) is 8.51. The van der Waals surface area contributed by atoms with Gasteiger partial charge in [0.1, 0.15) is 23.1 Å². The van der Waals surface area contributed by atoms with Gasteiger partial charge in [-0.25, -0.2) is 4.98 Å². The number of benzene rings is 1. The Labute approximate surface area is 142 Å². The normalized spacial score (nSPS) is 16.2. The molecule has 1 aromatic carbocycles. The van der Waals surface area contributed by atoms with Crippen LogP contribution >= 0.6 is 11.3 Å². The summed E-state index contributed by atoms with van der Waals surface area (Å²) >= 11 is 1.42. The monoisotopic (exact) mass is 348 g/mol. The molecule has 0 N–H and O–H groups in total. The van der Waals surface area contributed by atoms with Gasteiger partial charge in [0.05, 0.1) is 13.2 Å². The van der Waals surface area contributed by atoms with Crippen molar-refractivity contribution < 1.29 is 23.7 Å². The number of rotatable bonds is 4. The largest absolute Gasteiger partial charge is 0.486 e. The van der Waals surface area contributed by atoms with E-state index >= 15 is 0 Å². The maximum Gasteiger partial charge on any atom is 0.273 e. The number of fused-ring (bicyclic) bond motifs is 1. The van der Waals surface area contributed by atoms with Crippen LogP contribution in [0.25, 0.3) is 0 Å². The third-order valence-electron chi connectivity index (χ3n) is 3.78. The fourth-order valence-electron chi connectivity index (χ4n) is 2.52. The molecule has 0 atom stereocenters. The summed E-state index contributed by atoms with van der Waals surface area (Å²) in [4.78, 5) is 18.5. The first-order chi connectivity index (χ1) is 11.8. The van der Waals surface area contributed by atoms with Crippen molar-refractivity contribution >= 4 is 17.2 Å². The van der Waals surface area contributed by atoms with E-state index in [1.54, 1.807) is 16.3 Å². The number of aromatic nitrogens is 1. The summed E-state index contributed by atoms with van der Waals surface area (Å²) in [7, 11) is 0. The number of ether oxygens (including phenoxy) is 4. The van der Waals surface area contributed by atoms with E-state index < -0.39 is 0 Å². The molecule has 3 heterocycles. The number of amides is 1. The van der Waals surface area contributed by atoms with Gasteiger partial charge < -0.3 is 23.8 Å². The van der Waals surface area contributed by atoms with E-state index in [4.69, 9.17) is 18.9 Å². The SMILES string of the molecule is O=C(c1csc(COc2ccc3c(c2)OCO3)n1)N1CCOCC1. The maximum atomic E-state index is 12.4. The molecule has 24 heavy (non-hydrogen) atoms. The van der Waals surface area contributed by atoms with Crippen LogP contribution in [0, 0.1) is 0 Å². The fourth-order valence-corrected chi connectivity index (χ4v) is 3.19. The zero-order valence-corrected chi connectivity index (χ0v) is 13.7. The molecule has 1 amide bonds. The molecule has 2 aromatic rings. The van der Waals surface area contributed by atoms with Gasteiger partial charge in [-0.15, -0.1) is 11.3 Å². The lowest BCUT2D eigenvalue weighted by atomic mass is 10.3. The van der Waals surface area contributed by atoms with E-state index in [-0.39, 0.29) is 12.7 Å². The second-order valence-electron chi connectivity index (χ2n) is 5.33. The maximum absolute atomic E-state index is 12.4. The zero-order valence-electron chi connectivity index (χ0n) is 12.9.